The summed E-state index contributed by atoms with van der Waals surface area (Å²) in [6.07, 6.45) is 6.88. The molecule has 0 spiro atoms. The van der Waals surface area contributed by atoms with Crippen LogP contribution in [0.4, 0.5) is 0 Å². The third-order valence-corrected chi connectivity index (χ3v) is 4.15. The Morgan fingerprint density at radius 1 is 1.30 bits per heavy atom. The Hall–Kier alpha value is -0.870. The topological polar surface area (TPSA) is 50.1 Å². The minimum atomic E-state index is -0.386. The monoisotopic (exact) mass is 279 g/mol. The van der Waals surface area contributed by atoms with Crippen LogP contribution < -0.4 is 5.32 Å². The molecule has 0 radical (unpaired) electrons. The van der Waals surface area contributed by atoms with Crippen molar-refractivity contribution in [2.45, 2.75) is 65.6 Å². The van der Waals surface area contributed by atoms with Crippen LogP contribution in [0.5, 0.6) is 0 Å². The van der Waals surface area contributed by atoms with Gasteiger partial charge in [0.1, 0.15) is 0 Å². The minimum absolute atomic E-state index is 0.381. The molecule has 2 rings (SSSR count). The molecule has 1 saturated carbocycles. The van der Waals surface area contributed by atoms with Crippen LogP contribution in [-0.4, -0.2) is 33.6 Å². The molecular weight excluding hydrogens is 250 g/mol. The fourth-order valence-electron chi connectivity index (χ4n) is 3.98. The number of aliphatic hydroxyl groups excluding tert-OH is 1. The second kappa shape index (κ2) is 5.86. The van der Waals surface area contributed by atoms with Crippen molar-refractivity contribution >= 4 is 0 Å². The summed E-state index contributed by atoms with van der Waals surface area (Å²) in [4.78, 5) is 0. The normalized spacial score (nSPS) is 23.6. The average Bonchev–Trinajstić information content (AvgIpc) is 2.75. The van der Waals surface area contributed by atoms with E-state index in [1.165, 1.54) is 19.3 Å². The van der Waals surface area contributed by atoms with Gasteiger partial charge in [-0.25, -0.2) is 0 Å². The highest BCUT2D eigenvalue weighted by molar-refractivity contribution is 4.92. The van der Waals surface area contributed by atoms with Gasteiger partial charge in [0.2, 0.25) is 0 Å². The van der Waals surface area contributed by atoms with Gasteiger partial charge in [0.05, 0.1) is 12.6 Å². The van der Waals surface area contributed by atoms with E-state index in [1.54, 1.807) is 10.9 Å². The minimum Gasteiger partial charge on any atom is -0.390 e. The van der Waals surface area contributed by atoms with E-state index >= 15 is 0 Å². The summed E-state index contributed by atoms with van der Waals surface area (Å²) in [5.41, 5.74) is 0.763. The molecule has 4 heteroatoms. The molecule has 1 aliphatic rings. The third-order valence-electron chi connectivity index (χ3n) is 4.15. The van der Waals surface area contributed by atoms with E-state index in [0.29, 0.717) is 30.0 Å². The zero-order valence-electron chi connectivity index (χ0n) is 13.3. The highest BCUT2D eigenvalue weighted by Crippen LogP contribution is 2.45. The van der Waals surface area contributed by atoms with Gasteiger partial charge in [-0.1, -0.05) is 27.7 Å². The van der Waals surface area contributed by atoms with Crippen LogP contribution >= 0.6 is 0 Å². The lowest BCUT2D eigenvalue weighted by Crippen LogP contribution is -2.46. The van der Waals surface area contributed by atoms with Crippen LogP contribution in [0.3, 0.4) is 0 Å². The molecule has 0 bridgehead atoms. The van der Waals surface area contributed by atoms with Crippen LogP contribution in [-0.2, 0) is 6.54 Å². The van der Waals surface area contributed by atoms with Crippen LogP contribution in [0.1, 0.15) is 47.0 Å². The number of nitrogens with zero attached hydrogens (tertiary/aromatic N) is 2. The summed E-state index contributed by atoms with van der Waals surface area (Å²) < 4.78 is 1.78. The lowest BCUT2D eigenvalue weighted by molar-refractivity contribution is 0.0732. The first-order chi connectivity index (χ1) is 9.26. The van der Waals surface area contributed by atoms with Gasteiger partial charge in [-0.3, -0.25) is 4.68 Å². The highest BCUT2D eigenvalue weighted by atomic mass is 16.3. The quantitative estimate of drug-likeness (QED) is 0.870. The summed E-state index contributed by atoms with van der Waals surface area (Å²) in [7, 11) is 0. The fourth-order valence-corrected chi connectivity index (χ4v) is 3.98. The van der Waals surface area contributed by atoms with Gasteiger partial charge in [-0.2, -0.15) is 5.10 Å². The van der Waals surface area contributed by atoms with Crippen LogP contribution in [0.25, 0.3) is 0 Å². The predicted molar refractivity (Wildman–Crippen MR) is 81.4 cm³/mol. The molecule has 0 aliphatic heterocycles. The lowest BCUT2D eigenvalue weighted by atomic mass is 9.63. The molecule has 1 aromatic rings. The summed E-state index contributed by atoms with van der Waals surface area (Å²) in [5, 5.41) is 17.8. The van der Waals surface area contributed by atoms with E-state index in [4.69, 9.17) is 0 Å². The van der Waals surface area contributed by atoms with Gasteiger partial charge >= 0.3 is 0 Å². The van der Waals surface area contributed by atoms with Gasteiger partial charge < -0.3 is 10.4 Å². The van der Waals surface area contributed by atoms with Crippen molar-refractivity contribution in [3.63, 3.8) is 0 Å². The first-order valence-electron chi connectivity index (χ1n) is 7.65. The maximum Gasteiger partial charge on any atom is 0.0860 e. The first-order valence-corrected chi connectivity index (χ1v) is 7.65. The van der Waals surface area contributed by atoms with Crippen molar-refractivity contribution in [1.29, 1.82) is 0 Å². The molecular formula is C16H29N3O. The largest absolute Gasteiger partial charge is 0.390 e. The number of aromatic nitrogens is 2. The van der Waals surface area contributed by atoms with Crippen LogP contribution in [0, 0.1) is 10.8 Å². The third kappa shape index (κ3) is 4.60. The molecule has 0 amide bonds. The van der Waals surface area contributed by atoms with E-state index < -0.39 is 0 Å². The summed E-state index contributed by atoms with van der Waals surface area (Å²) in [6.45, 7) is 10.6. The highest BCUT2D eigenvalue weighted by Gasteiger charge is 2.38. The molecule has 0 saturated heterocycles. The molecule has 1 unspecified atom stereocenters. The maximum atomic E-state index is 10.1. The molecule has 2 N–H and O–H groups in total. The van der Waals surface area contributed by atoms with E-state index in [-0.39, 0.29) is 6.10 Å². The molecule has 1 atom stereocenters. The molecule has 20 heavy (non-hydrogen) atoms. The van der Waals surface area contributed by atoms with Gasteiger partial charge in [0.15, 0.2) is 0 Å². The van der Waals surface area contributed by atoms with Gasteiger partial charge in [0, 0.05) is 25.0 Å². The number of nitrogens with one attached hydrogen (secondary N) is 1. The first kappa shape index (κ1) is 15.5. The zero-order chi connectivity index (χ0) is 14.8. The Labute approximate surface area is 122 Å². The Balaban J connectivity index is 1.81. The van der Waals surface area contributed by atoms with E-state index in [2.05, 4.69) is 38.1 Å². The summed E-state index contributed by atoms with van der Waals surface area (Å²) in [5.74, 6) is 0. The van der Waals surface area contributed by atoms with Crippen molar-refractivity contribution in [2.24, 2.45) is 10.8 Å². The zero-order valence-corrected chi connectivity index (χ0v) is 13.3. The summed E-state index contributed by atoms with van der Waals surface area (Å²) in [6, 6.07) is 2.38. The van der Waals surface area contributed by atoms with E-state index in [9.17, 15) is 5.11 Å². The summed E-state index contributed by atoms with van der Waals surface area (Å²) >= 11 is 0. The standard InChI is InChI=1S/C16H29N3O/c1-15(2)8-13(9-16(3,4)12-15)17-10-14(20)11-19-7-5-6-18-19/h5-7,13-14,17,20H,8-12H2,1-4H3. The van der Waals surface area contributed by atoms with Crippen molar-refractivity contribution in [1.82, 2.24) is 15.1 Å². The fraction of sp³-hybridized carbons (Fsp3) is 0.812. The smallest absolute Gasteiger partial charge is 0.0860 e. The van der Waals surface area contributed by atoms with Gasteiger partial charge in [0.25, 0.3) is 0 Å². The lowest BCUT2D eigenvalue weighted by Gasteiger charge is -2.45. The van der Waals surface area contributed by atoms with Gasteiger partial charge in [-0.05, 0) is 36.2 Å². The van der Waals surface area contributed by atoms with Gasteiger partial charge in [-0.15, -0.1) is 0 Å². The van der Waals surface area contributed by atoms with Crippen molar-refractivity contribution in [2.75, 3.05) is 6.54 Å². The average molecular weight is 279 g/mol. The SMILES string of the molecule is CC1(C)CC(NCC(O)Cn2cccn2)CC(C)(C)C1. The molecule has 1 aromatic heterocycles. The van der Waals surface area contributed by atoms with Crippen molar-refractivity contribution in [3.05, 3.63) is 18.5 Å². The molecule has 0 aromatic carbocycles. The number of hydrogen-bond acceptors (Lipinski definition) is 3. The molecule has 114 valence electrons. The van der Waals surface area contributed by atoms with E-state index in [1.807, 2.05) is 12.3 Å². The number of rotatable bonds is 5. The Kier molecular flexibility index (Phi) is 4.55. The Bertz CT molecular complexity index is 395. The van der Waals surface area contributed by atoms with Crippen molar-refractivity contribution < 1.29 is 5.11 Å². The molecule has 1 aliphatic carbocycles. The second-order valence-corrected chi connectivity index (χ2v) is 7.90. The van der Waals surface area contributed by atoms with Crippen molar-refractivity contribution in [3.8, 4) is 0 Å². The predicted octanol–water partition coefficient (Wildman–Crippen LogP) is 2.44. The van der Waals surface area contributed by atoms with E-state index in [0.717, 1.165) is 0 Å². The maximum absolute atomic E-state index is 10.1. The number of hydrogen-bond donors (Lipinski definition) is 2. The second-order valence-electron chi connectivity index (χ2n) is 7.90. The van der Waals surface area contributed by atoms with Crippen LogP contribution in [0.15, 0.2) is 18.5 Å². The Morgan fingerprint density at radius 3 is 2.50 bits per heavy atom. The Morgan fingerprint density at radius 2 is 1.95 bits per heavy atom. The van der Waals surface area contributed by atoms with Crippen LogP contribution in [0.2, 0.25) is 0 Å². The molecule has 1 fully saturated rings. The number of aliphatic hydroxyl groups is 1. The molecule has 1 heterocycles. The molecule has 4 nitrogen and oxygen atoms in total.